The molecule has 0 amide bonds. The number of benzene rings is 1. The molecule has 1 saturated carbocycles. The number of nitrogens with zero attached hydrogens (tertiary/aromatic N) is 4. The molecule has 3 aromatic rings. The Morgan fingerprint density at radius 1 is 1.15 bits per heavy atom. The van der Waals surface area contributed by atoms with Crippen LogP contribution in [0, 0.1) is 11.3 Å². The van der Waals surface area contributed by atoms with Crippen LogP contribution in [0.5, 0.6) is 5.75 Å². The van der Waals surface area contributed by atoms with Crippen molar-refractivity contribution in [1.29, 1.82) is 5.26 Å². The van der Waals surface area contributed by atoms with E-state index in [9.17, 15) is 13.2 Å². The van der Waals surface area contributed by atoms with Crippen LogP contribution in [0.2, 0.25) is 0 Å². The summed E-state index contributed by atoms with van der Waals surface area (Å²) < 4.78 is 46.4. The fraction of sp³-hybridized carbons (Fsp3) is 0.250. The second-order valence-electron chi connectivity index (χ2n) is 5.71. The lowest BCUT2D eigenvalue weighted by molar-refractivity contribution is -0.274. The predicted molar refractivity (Wildman–Crippen MR) is 80.7 cm³/mol. The highest BCUT2D eigenvalue weighted by Crippen LogP contribution is 2.46. The Balaban J connectivity index is 1.70. The first kappa shape index (κ1) is 16.1. The number of nitriles is 1. The van der Waals surface area contributed by atoms with Crippen LogP contribution in [0.3, 0.4) is 0 Å². The van der Waals surface area contributed by atoms with Crippen molar-refractivity contribution in [1.82, 2.24) is 20.4 Å². The second-order valence-corrected chi connectivity index (χ2v) is 5.71. The van der Waals surface area contributed by atoms with Crippen molar-refractivity contribution >= 4 is 0 Å². The Kier molecular flexibility index (Phi) is 3.64. The lowest BCUT2D eigenvalue weighted by Crippen LogP contribution is -2.16. The molecule has 4 rings (SSSR count). The average Bonchev–Trinajstić information content (AvgIpc) is 3.17. The smallest absolute Gasteiger partial charge is 0.440 e. The lowest BCUT2D eigenvalue weighted by Gasteiger charge is -2.08. The van der Waals surface area contributed by atoms with E-state index < -0.39 is 6.36 Å². The van der Waals surface area contributed by atoms with E-state index in [-0.39, 0.29) is 23.3 Å². The van der Waals surface area contributed by atoms with E-state index in [0.29, 0.717) is 22.7 Å². The molecule has 1 fully saturated rings. The lowest BCUT2D eigenvalue weighted by atomic mass is 10.2. The van der Waals surface area contributed by atoms with Gasteiger partial charge in [-0.25, -0.2) is 4.98 Å². The summed E-state index contributed by atoms with van der Waals surface area (Å²) in [6, 6.07) is 7.13. The summed E-state index contributed by atoms with van der Waals surface area (Å²) in [7, 11) is 0. The first-order valence-corrected chi connectivity index (χ1v) is 7.63. The number of hydrogen-bond acceptors (Lipinski definition) is 6. The fourth-order valence-electron chi connectivity index (χ4n) is 2.52. The number of nitrogens with one attached hydrogen (secondary N) is 1. The van der Waals surface area contributed by atoms with Gasteiger partial charge in [0, 0.05) is 11.5 Å². The van der Waals surface area contributed by atoms with E-state index in [1.54, 1.807) is 0 Å². The van der Waals surface area contributed by atoms with Crippen LogP contribution in [0.4, 0.5) is 13.2 Å². The third-order valence-electron chi connectivity index (χ3n) is 3.81. The van der Waals surface area contributed by atoms with Crippen LogP contribution < -0.4 is 4.74 Å². The zero-order chi connectivity index (χ0) is 18.3. The van der Waals surface area contributed by atoms with Crippen molar-refractivity contribution in [3.63, 3.8) is 0 Å². The molecule has 1 aliphatic carbocycles. The van der Waals surface area contributed by atoms with Crippen molar-refractivity contribution < 1.29 is 22.3 Å². The Hall–Kier alpha value is -3.35. The second kappa shape index (κ2) is 5.87. The maximum absolute atomic E-state index is 12.3. The van der Waals surface area contributed by atoms with Crippen LogP contribution in [-0.4, -0.2) is 26.8 Å². The van der Waals surface area contributed by atoms with Crippen molar-refractivity contribution in [3.05, 3.63) is 35.7 Å². The Morgan fingerprint density at radius 3 is 2.50 bits per heavy atom. The summed E-state index contributed by atoms with van der Waals surface area (Å²) in [5.74, 6) is 0.675. The molecule has 1 aliphatic rings. The molecule has 0 saturated heterocycles. The SMILES string of the molecule is N#Cc1n[nH]nc1-c1nc(-c2ccc(OC(F)(F)F)cc2)oc1C1CC1. The third-order valence-corrected chi connectivity index (χ3v) is 3.81. The summed E-state index contributed by atoms with van der Waals surface area (Å²) in [5.41, 5.74) is 1.29. The highest BCUT2D eigenvalue weighted by Gasteiger charge is 2.34. The minimum absolute atomic E-state index is 0.0978. The van der Waals surface area contributed by atoms with Crippen molar-refractivity contribution in [3.8, 4) is 34.7 Å². The zero-order valence-corrected chi connectivity index (χ0v) is 13.0. The summed E-state index contributed by atoms with van der Waals surface area (Å²) in [5, 5.41) is 19.2. The molecular weight excluding hydrogens is 351 g/mol. The van der Waals surface area contributed by atoms with Gasteiger partial charge in [-0.3, -0.25) is 0 Å². The third kappa shape index (κ3) is 3.11. The number of aromatic amines is 1. The molecule has 1 N–H and O–H groups in total. The topological polar surface area (TPSA) is 101 Å². The molecule has 26 heavy (non-hydrogen) atoms. The van der Waals surface area contributed by atoms with E-state index in [4.69, 9.17) is 9.68 Å². The Morgan fingerprint density at radius 2 is 1.88 bits per heavy atom. The van der Waals surface area contributed by atoms with Gasteiger partial charge in [0.25, 0.3) is 0 Å². The van der Waals surface area contributed by atoms with E-state index in [0.717, 1.165) is 12.8 Å². The average molecular weight is 361 g/mol. The molecule has 10 heteroatoms. The molecule has 132 valence electrons. The maximum Gasteiger partial charge on any atom is 0.573 e. The molecule has 2 aromatic heterocycles. The van der Waals surface area contributed by atoms with Gasteiger partial charge in [-0.2, -0.15) is 15.6 Å². The largest absolute Gasteiger partial charge is 0.573 e. The molecule has 0 aliphatic heterocycles. The Bertz CT molecular complexity index is 981. The number of ether oxygens (including phenoxy) is 1. The molecular formula is C16H10F3N5O2. The predicted octanol–water partition coefficient (Wildman–Crippen LogP) is 3.77. The van der Waals surface area contributed by atoms with Crippen LogP contribution >= 0.6 is 0 Å². The maximum atomic E-state index is 12.3. The minimum Gasteiger partial charge on any atom is -0.440 e. The summed E-state index contributed by atoms with van der Waals surface area (Å²) in [4.78, 5) is 4.39. The molecule has 1 aromatic carbocycles. The van der Waals surface area contributed by atoms with Gasteiger partial charge in [-0.1, -0.05) is 0 Å². The number of halogens is 3. The van der Waals surface area contributed by atoms with Gasteiger partial charge in [0.2, 0.25) is 5.89 Å². The zero-order valence-electron chi connectivity index (χ0n) is 13.0. The van der Waals surface area contributed by atoms with Crippen LogP contribution in [0.1, 0.15) is 30.2 Å². The number of rotatable bonds is 4. The number of alkyl halides is 3. The first-order chi connectivity index (χ1) is 12.4. The summed E-state index contributed by atoms with van der Waals surface area (Å²) in [6.45, 7) is 0. The van der Waals surface area contributed by atoms with E-state index in [1.165, 1.54) is 24.3 Å². The highest BCUT2D eigenvalue weighted by molar-refractivity contribution is 5.67. The van der Waals surface area contributed by atoms with Gasteiger partial charge in [-0.15, -0.1) is 18.3 Å². The van der Waals surface area contributed by atoms with Gasteiger partial charge in [0.1, 0.15) is 23.3 Å². The van der Waals surface area contributed by atoms with Gasteiger partial charge in [0.15, 0.2) is 11.4 Å². The van der Waals surface area contributed by atoms with Gasteiger partial charge < -0.3 is 9.15 Å². The number of oxazole rings is 1. The van der Waals surface area contributed by atoms with Crippen LogP contribution in [-0.2, 0) is 0 Å². The minimum atomic E-state index is -4.75. The van der Waals surface area contributed by atoms with Crippen LogP contribution in [0.15, 0.2) is 28.7 Å². The van der Waals surface area contributed by atoms with Gasteiger partial charge >= 0.3 is 6.36 Å². The van der Waals surface area contributed by atoms with Gasteiger partial charge in [-0.05, 0) is 37.1 Å². The monoisotopic (exact) mass is 361 g/mol. The molecule has 0 unspecified atom stereocenters. The molecule has 0 spiro atoms. The summed E-state index contributed by atoms with van der Waals surface area (Å²) in [6.07, 6.45) is -2.89. The molecule has 0 bridgehead atoms. The van der Waals surface area contributed by atoms with E-state index >= 15 is 0 Å². The molecule has 0 radical (unpaired) electrons. The molecule has 2 heterocycles. The molecule has 0 atom stereocenters. The van der Waals surface area contributed by atoms with E-state index in [2.05, 4.69) is 25.1 Å². The normalized spacial score (nSPS) is 14.2. The highest BCUT2D eigenvalue weighted by atomic mass is 19.4. The van der Waals surface area contributed by atoms with Crippen molar-refractivity contribution in [2.45, 2.75) is 25.1 Å². The number of aromatic nitrogens is 4. The first-order valence-electron chi connectivity index (χ1n) is 7.63. The number of hydrogen-bond donors (Lipinski definition) is 1. The quantitative estimate of drug-likeness (QED) is 0.759. The van der Waals surface area contributed by atoms with Gasteiger partial charge in [0.05, 0.1) is 0 Å². The number of H-pyrrole nitrogens is 1. The molecule has 7 nitrogen and oxygen atoms in total. The Labute approximate surface area is 144 Å². The summed E-state index contributed by atoms with van der Waals surface area (Å²) >= 11 is 0. The standard InChI is InChI=1S/C16H10F3N5O2/c17-16(18,19)26-10-5-3-9(4-6-10)15-21-13(14(25-15)8-1-2-8)12-11(7-20)22-24-23-12/h3-6,8H,1-2H2,(H,22,23,24). The van der Waals surface area contributed by atoms with E-state index in [1.807, 2.05) is 6.07 Å². The van der Waals surface area contributed by atoms with Crippen LogP contribution in [0.25, 0.3) is 22.8 Å². The van der Waals surface area contributed by atoms with Crippen molar-refractivity contribution in [2.75, 3.05) is 0 Å². The van der Waals surface area contributed by atoms with Crippen molar-refractivity contribution in [2.24, 2.45) is 0 Å². The fourth-order valence-corrected chi connectivity index (χ4v) is 2.52.